The predicted octanol–water partition coefficient (Wildman–Crippen LogP) is 3.35. The first kappa shape index (κ1) is 11.7. The highest BCUT2D eigenvalue weighted by Gasteiger charge is 2.25. The molecule has 3 heteroatoms. The number of fused-ring (bicyclic) bond motifs is 1. The van der Waals surface area contributed by atoms with E-state index in [4.69, 9.17) is 0 Å². The van der Waals surface area contributed by atoms with Crippen LogP contribution in [-0.4, -0.2) is 10.9 Å². The molecule has 3 rings (SSSR count). The first-order chi connectivity index (χ1) is 9.15. The zero-order chi connectivity index (χ0) is 13.4. The van der Waals surface area contributed by atoms with Crippen LogP contribution in [0.5, 0.6) is 5.75 Å². The summed E-state index contributed by atoms with van der Waals surface area (Å²) < 4.78 is 13.6. The third-order valence-corrected chi connectivity index (χ3v) is 3.25. The number of hydrogen-bond donors (Lipinski definition) is 1. The van der Waals surface area contributed by atoms with Gasteiger partial charge in [0.25, 0.3) is 0 Å². The molecule has 0 aliphatic heterocycles. The van der Waals surface area contributed by atoms with Crippen molar-refractivity contribution in [3.8, 4) is 5.75 Å². The summed E-state index contributed by atoms with van der Waals surface area (Å²) in [6.07, 6.45) is 2.05. The number of carbonyl (C=O) groups excluding carboxylic acids is 1. The van der Waals surface area contributed by atoms with Gasteiger partial charge in [0, 0.05) is 23.1 Å². The molecule has 0 heterocycles. The number of benzene rings is 2. The Kier molecular flexibility index (Phi) is 2.67. The van der Waals surface area contributed by atoms with E-state index in [0.29, 0.717) is 23.1 Å². The van der Waals surface area contributed by atoms with Crippen LogP contribution in [0.3, 0.4) is 0 Å². The monoisotopic (exact) mass is 254 g/mol. The lowest BCUT2D eigenvalue weighted by Crippen LogP contribution is -1.95. The highest BCUT2D eigenvalue weighted by Crippen LogP contribution is 2.30. The highest BCUT2D eigenvalue weighted by molar-refractivity contribution is 6.15. The van der Waals surface area contributed by atoms with Gasteiger partial charge in [-0.3, -0.25) is 4.79 Å². The maximum absolute atomic E-state index is 13.6. The van der Waals surface area contributed by atoms with E-state index < -0.39 is 0 Å². The molecule has 0 atom stereocenters. The molecule has 0 bridgehead atoms. The molecule has 1 aliphatic carbocycles. The molecule has 2 nitrogen and oxygen atoms in total. The number of carbonyl (C=O) groups is 1. The number of halogens is 1. The number of phenols is 1. The molecule has 1 N–H and O–H groups in total. The van der Waals surface area contributed by atoms with Crippen molar-refractivity contribution in [1.82, 2.24) is 0 Å². The molecular formula is C16H11FO2. The molecule has 0 radical (unpaired) electrons. The molecule has 0 spiro atoms. The smallest absolute Gasteiger partial charge is 0.189 e. The van der Waals surface area contributed by atoms with Crippen LogP contribution in [0, 0.1) is 5.82 Å². The van der Waals surface area contributed by atoms with Gasteiger partial charge in [0.1, 0.15) is 11.6 Å². The van der Waals surface area contributed by atoms with Gasteiger partial charge < -0.3 is 5.11 Å². The lowest BCUT2D eigenvalue weighted by Gasteiger charge is -1.98. The normalized spacial score (nSPS) is 15.8. The molecule has 2 aromatic carbocycles. The van der Waals surface area contributed by atoms with Gasteiger partial charge in [-0.25, -0.2) is 4.39 Å². The summed E-state index contributed by atoms with van der Waals surface area (Å²) in [5.41, 5.74) is 2.32. The molecule has 2 aromatic rings. The van der Waals surface area contributed by atoms with Gasteiger partial charge in [0.05, 0.1) is 0 Å². The molecule has 19 heavy (non-hydrogen) atoms. The first-order valence-electron chi connectivity index (χ1n) is 5.97. The quantitative estimate of drug-likeness (QED) is 0.792. The summed E-state index contributed by atoms with van der Waals surface area (Å²) in [4.78, 5) is 12.2. The third kappa shape index (κ3) is 2.03. The van der Waals surface area contributed by atoms with E-state index in [9.17, 15) is 14.3 Å². The van der Waals surface area contributed by atoms with Crippen molar-refractivity contribution in [1.29, 1.82) is 0 Å². The van der Waals surface area contributed by atoms with E-state index in [1.807, 2.05) is 0 Å². The number of hydrogen-bond acceptors (Lipinski definition) is 2. The molecule has 1 aliphatic rings. The maximum atomic E-state index is 13.6. The van der Waals surface area contributed by atoms with Crippen molar-refractivity contribution in [2.45, 2.75) is 6.42 Å². The summed E-state index contributed by atoms with van der Waals surface area (Å²) in [5.74, 6) is -0.421. The van der Waals surface area contributed by atoms with Gasteiger partial charge in [-0.05, 0) is 29.8 Å². The average Bonchev–Trinajstić information content (AvgIpc) is 2.70. The summed E-state index contributed by atoms with van der Waals surface area (Å²) in [6, 6.07) is 11.1. The van der Waals surface area contributed by atoms with E-state index in [2.05, 4.69) is 0 Å². The van der Waals surface area contributed by atoms with Crippen molar-refractivity contribution in [2.24, 2.45) is 0 Å². The van der Waals surface area contributed by atoms with E-state index in [1.54, 1.807) is 36.4 Å². The van der Waals surface area contributed by atoms with Crippen molar-refractivity contribution < 1.29 is 14.3 Å². The maximum Gasteiger partial charge on any atom is 0.189 e. The van der Waals surface area contributed by atoms with Crippen molar-refractivity contribution >= 4 is 11.9 Å². The highest BCUT2D eigenvalue weighted by atomic mass is 19.1. The van der Waals surface area contributed by atoms with Gasteiger partial charge in [-0.1, -0.05) is 24.3 Å². The largest absolute Gasteiger partial charge is 0.508 e. The van der Waals surface area contributed by atoms with Crippen LogP contribution in [0.2, 0.25) is 0 Å². The number of ketones is 1. The Bertz CT molecular complexity index is 702. The van der Waals surface area contributed by atoms with Gasteiger partial charge >= 0.3 is 0 Å². The fraction of sp³-hybridized carbons (Fsp3) is 0.0625. The number of allylic oxidation sites excluding steroid dienone is 1. The fourth-order valence-electron chi connectivity index (χ4n) is 2.28. The predicted molar refractivity (Wildman–Crippen MR) is 70.5 cm³/mol. The summed E-state index contributed by atoms with van der Waals surface area (Å²) in [7, 11) is 0. The number of phenolic OH excluding ortho intramolecular Hbond substituents is 1. The number of rotatable bonds is 1. The number of aromatic hydroxyl groups is 1. The van der Waals surface area contributed by atoms with Crippen molar-refractivity contribution in [3.63, 3.8) is 0 Å². The fourth-order valence-corrected chi connectivity index (χ4v) is 2.28. The second-order valence-corrected chi connectivity index (χ2v) is 4.54. The Morgan fingerprint density at radius 3 is 2.74 bits per heavy atom. The second kappa shape index (κ2) is 4.35. The van der Waals surface area contributed by atoms with Crippen molar-refractivity contribution in [3.05, 3.63) is 70.5 Å². The lowest BCUT2D eigenvalue weighted by atomic mass is 10.1. The standard InChI is InChI=1S/C16H11FO2/c17-15-4-2-1-3-11(15)8-12-7-10-5-6-13(18)9-14(10)16(12)19/h1-6,8-9,18H,7H2. The summed E-state index contributed by atoms with van der Waals surface area (Å²) >= 11 is 0. The molecule has 94 valence electrons. The second-order valence-electron chi connectivity index (χ2n) is 4.54. The van der Waals surface area contributed by atoms with Gasteiger partial charge in [0.2, 0.25) is 0 Å². The summed E-state index contributed by atoms with van der Waals surface area (Å²) in [6.45, 7) is 0. The Hall–Kier alpha value is -2.42. The van der Waals surface area contributed by atoms with Crippen LogP contribution in [0.25, 0.3) is 6.08 Å². The average molecular weight is 254 g/mol. The molecule has 0 saturated heterocycles. The zero-order valence-electron chi connectivity index (χ0n) is 10.1. The molecule has 0 fully saturated rings. The van der Waals surface area contributed by atoms with E-state index >= 15 is 0 Å². The van der Waals surface area contributed by atoms with Crippen molar-refractivity contribution in [2.75, 3.05) is 0 Å². The number of Topliss-reactive ketones (excluding diaryl/α,β-unsaturated/α-hetero) is 1. The van der Waals surface area contributed by atoms with Crippen LogP contribution >= 0.6 is 0 Å². The Morgan fingerprint density at radius 1 is 1.16 bits per heavy atom. The summed E-state index contributed by atoms with van der Waals surface area (Å²) in [5, 5.41) is 9.40. The van der Waals surface area contributed by atoms with Crippen LogP contribution in [0.1, 0.15) is 21.5 Å². The third-order valence-electron chi connectivity index (χ3n) is 3.25. The molecule has 0 unspecified atom stereocenters. The molecular weight excluding hydrogens is 243 g/mol. The van der Waals surface area contributed by atoms with Gasteiger partial charge in [-0.15, -0.1) is 0 Å². The minimum atomic E-state index is -0.346. The minimum absolute atomic E-state index is 0.0687. The minimum Gasteiger partial charge on any atom is -0.508 e. The topological polar surface area (TPSA) is 37.3 Å². The van der Waals surface area contributed by atoms with E-state index in [1.165, 1.54) is 12.1 Å². The Labute approximate surface area is 109 Å². The zero-order valence-corrected chi connectivity index (χ0v) is 10.1. The SMILES string of the molecule is O=C1C(=Cc2ccccc2F)Cc2ccc(O)cc21. The van der Waals surface area contributed by atoms with Crippen LogP contribution in [0.4, 0.5) is 4.39 Å². The van der Waals surface area contributed by atoms with Gasteiger partial charge in [-0.2, -0.15) is 0 Å². The van der Waals surface area contributed by atoms with E-state index in [0.717, 1.165) is 5.56 Å². The lowest BCUT2D eigenvalue weighted by molar-refractivity contribution is 0.104. The van der Waals surface area contributed by atoms with E-state index in [-0.39, 0.29) is 17.3 Å². The van der Waals surface area contributed by atoms with Gasteiger partial charge in [0.15, 0.2) is 5.78 Å². The Morgan fingerprint density at radius 2 is 1.95 bits per heavy atom. The van der Waals surface area contributed by atoms with Crippen LogP contribution in [-0.2, 0) is 6.42 Å². The molecule has 0 amide bonds. The van der Waals surface area contributed by atoms with Crippen LogP contribution in [0.15, 0.2) is 48.0 Å². The Balaban J connectivity index is 2.03. The molecule has 0 aromatic heterocycles. The molecule has 0 saturated carbocycles. The van der Waals surface area contributed by atoms with Crippen LogP contribution < -0.4 is 0 Å². The first-order valence-corrected chi connectivity index (χ1v) is 5.97.